The minimum Gasteiger partial charge on any atom is -0.462 e. The molecule has 1 rings (SSSR count). The molecule has 4 N–H and O–H groups in total. The van der Waals surface area contributed by atoms with Gasteiger partial charge in [-0.2, -0.15) is 8.42 Å². The Hall–Kier alpha value is -2.65. The van der Waals surface area contributed by atoms with Crippen molar-refractivity contribution in [1.29, 1.82) is 0 Å². The van der Waals surface area contributed by atoms with Crippen LogP contribution in [0.2, 0.25) is 0 Å². The average Bonchev–Trinajstić information content (AvgIpc) is 3.16. The average molecular weight is 813 g/mol. The normalized spacial score (nSPS) is 21.3. The van der Waals surface area contributed by atoms with Gasteiger partial charge in [-0.3, -0.25) is 14.1 Å². The molecule has 0 radical (unpaired) electrons. The molecule has 0 aromatic heterocycles. The summed E-state index contributed by atoms with van der Waals surface area (Å²) in [7, 11) is -4.61. The maximum absolute atomic E-state index is 12.7. The first-order valence-electron chi connectivity index (χ1n) is 20.9. The second kappa shape index (κ2) is 33.3. The number of unbranched alkanes of at least 4 members (excludes halogenated alkanes) is 15. The van der Waals surface area contributed by atoms with Crippen LogP contribution in [0.1, 0.15) is 142 Å². The number of ether oxygens (including phenoxy) is 4. The molecule has 13 heteroatoms. The van der Waals surface area contributed by atoms with E-state index >= 15 is 0 Å². The summed E-state index contributed by atoms with van der Waals surface area (Å²) < 4.78 is 53.8. The standard InChI is InChI=1S/C43H72O12S/c1-3-5-7-9-11-13-15-17-18-20-21-23-25-27-29-31-38(44)52-33-36(34-53-43-42(48)41(47)40(46)37(55-43)35-56(49,50)51)54-39(45)32-30-28-26-24-22-19-16-14-12-10-8-6-4-2/h6,8,10,12,14,16,19,22,24,26,36-37,40-43,46-48H,3-5,7,9,11,13,15,17-18,20-21,23,25,27-35H2,1-2H3,(H,49,50,51)/b8-6+,12-10+,16-14+,22-19+,26-24+/t36?,37-,40-,41?,42?,43+/m1/s1. The van der Waals surface area contributed by atoms with Crippen LogP contribution in [0.5, 0.6) is 0 Å². The Bertz CT molecular complexity index is 1280. The molecule has 0 aliphatic carbocycles. The van der Waals surface area contributed by atoms with E-state index in [1.165, 1.54) is 70.6 Å². The minimum absolute atomic E-state index is 0.0670. The van der Waals surface area contributed by atoms with Gasteiger partial charge in [0.05, 0.1) is 6.61 Å². The molecule has 322 valence electrons. The monoisotopic (exact) mass is 812 g/mol. The molecule has 1 heterocycles. The Balaban J connectivity index is 2.53. The first-order chi connectivity index (χ1) is 27.0. The van der Waals surface area contributed by atoms with Gasteiger partial charge in [-0.05, 0) is 25.7 Å². The summed E-state index contributed by atoms with van der Waals surface area (Å²) in [5.41, 5.74) is 0. The van der Waals surface area contributed by atoms with Gasteiger partial charge in [-0.1, -0.05) is 164 Å². The zero-order valence-corrected chi connectivity index (χ0v) is 34.8. The van der Waals surface area contributed by atoms with Crippen LogP contribution in [0.3, 0.4) is 0 Å². The van der Waals surface area contributed by atoms with E-state index in [9.17, 15) is 37.9 Å². The molecule has 3 unspecified atom stereocenters. The van der Waals surface area contributed by atoms with E-state index in [0.717, 1.165) is 25.7 Å². The second-order valence-corrected chi connectivity index (χ2v) is 15.9. The molecule has 1 aliphatic heterocycles. The fourth-order valence-electron chi connectivity index (χ4n) is 6.00. The third kappa shape index (κ3) is 27.9. The van der Waals surface area contributed by atoms with E-state index in [-0.39, 0.29) is 19.4 Å². The van der Waals surface area contributed by atoms with Gasteiger partial charge in [0.1, 0.15) is 36.8 Å². The molecule has 0 spiro atoms. The second-order valence-electron chi connectivity index (χ2n) is 14.4. The highest BCUT2D eigenvalue weighted by Crippen LogP contribution is 2.24. The van der Waals surface area contributed by atoms with Crippen LogP contribution < -0.4 is 0 Å². The molecule has 0 aromatic carbocycles. The van der Waals surface area contributed by atoms with Crippen LogP contribution in [0.15, 0.2) is 60.8 Å². The summed E-state index contributed by atoms with van der Waals surface area (Å²) in [6, 6.07) is 0. The van der Waals surface area contributed by atoms with Crippen molar-refractivity contribution in [2.45, 2.75) is 179 Å². The lowest BCUT2D eigenvalue weighted by Crippen LogP contribution is -2.60. The lowest BCUT2D eigenvalue weighted by atomic mass is 10.00. The predicted octanol–water partition coefficient (Wildman–Crippen LogP) is 7.78. The third-order valence-electron chi connectivity index (χ3n) is 9.24. The number of carbonyl (C=O) groups excluding carboxylic acids is 2. The molecule has 0 amide bonds. The van der Waals surface area contributed by atoms with Crippen molar-refractivity contribution in [2.24, 2.45) is 0 Å². The number of hydrogen-bond donors (Lipinski definition) is 4. The molecule has 1 saturated heterocycles. The van der Waals surface area contributed by atoms with E-state index in [4.69, 9.17) is 18.9 Å². The molecule has 56 heavy (non-hydrogen) atoms. The summed E-state index contributed by atoms with van der Waals surface area (Å²) in [5, 5.41) is 30.8. The van der Waals surface area contributed by atoms with Crippen LogP contribution in [-0.4, -0.2) is 96.0 Å². The molecule has 0 saturated carbocycles. The number of esters is 2. The smallest absolute Gasteiger partial charge is 0.306 e. The van der Waals surface area contributed by atoms with Crippen molar-refractivity contribution >= 4 is 22.1 Å². The van der Waals surface area contributed by atoms with Gasteiger partial charge in [0, 0.05) is 12.8 Å². The van der Waals surface area contributed by atoms with E-state index < -0.39 is 71.2 Å². The first kappa shape index (κ1) is 51.4. The van der Waals surface area contributed by atoms with Gasteiger partial charge in [-0.25, -0.2) is 0 Å². The van der Waals surface area contributed by atoms with Gasteiger partial charge in [0.2, 0.25) is 0 Å². The van der Waals surface area contributed by atoms with Crippen molar-refractivity contribution in [3.05, 3.63) is 60.8 Å². The summed E-state index contributed by atoms with van der Waals surface area (Å²) in [6.07, 6.45) is 30.0. The Morgan fingerprint density at radius 2 is 1.12 bits per heavy atom. The molecule has 0 bridgehead atoms. The van der Waals surface area contributed by atoms with Crippen LogP contribution in [0.4, 0.5) is 0 Å². The zero-order chi connectivity index (χ0) is 41.3. The van der Waals surface area contributed by atoms with Crippen LogP contribution in [0, 0.1) is 0 Å². The maximum Gasteiger partial charge on any atom is 0.306 e. The molecule has 6 atom stereocenters. The number of carbonyl (C=O) groups is 2. The highest BCUT2D eigenvalue weighted by Gasteiger charge is 2.46. The summed E-state index contributed by atoms with van der Waals surface area (Å²) in [5.74, 6) is -2.08. The van der Waals surface area contributed by atoms with E-state index in [0.29, 0.717) is 19.3 Å². The molecule has 0 aromatic rings. The van der Waals surface area contributed by atoms with E-state index in [1.807, 2.05) is 54.7 Å². The Morgan fingerprint density at radius 1 is 0.625 bits per heavy atom. The fraction of sp³-hybridized carbons (Fsp3) is 0.721. The number of aliphatic hydroxyl groups excluding tert-OH is 3. The van der Waals surface area contributed by atoms with Gasteiger partial charge in [-0.15, -0.1) is 0 Å². The van der Waals surface area contributed by atoms with Crippen molar-refractivity contribution in [3.63, 3.8) is 0 Å². The number of hydrogen-bond acceptors (Lipinski definition) is 11. The van der Waals surface area contributed by atoms with Gasteiger partial charge >= 0.3 is 11.9 Å². The predicted molar refractivity (Wildman–Crippen MR) is 219 cm³/mol. The molecular weight excluding hydrogens is 741 g/mol. The first-order valence-corrected chi connectivity index (χ1v) is 22.5. The summed E-state index contributed by atoms with van der Waals surface area (Å²) in [4.78, 5) is 25.3. The Kier molecular flexibility index (Phi) is 30.6. The SMILES string of the molecule is CC/C=C/C=C/C=C/C=C/C=C/CCCC(=O)OC(COC(=O)CCCCCCCCCCCCCCCCC)CO[C@H]1O[C@H](CS(=O)(=O)O)[C@@H](O)C(O)C1O. The van der Waals surface area contributed by atoms with Crippen LogP contribution in [-0.2, 0) is 38.7 Å². The summed E-state index contributed by atoms with van der Waals surface area (Å²) in [6.45, 7) is 3.53. The van der Waals surface area contributed by atoms with Crippen molar-refractivity contribution in [2.75, 3.05) is 19.0 Å². The third-order valence-corrected chi connectivity index (χ3v) is 9.99. The van der Waals surface area contributed by atoms with Crippen LogP contribution >= 0.6 is 0 Å². The number of aliphatic hydroxyl groups is 3. The minimum atomic E-state index is -4.61. The van der Waals surface area contributed by atoms with Gasteiger partial charge < -0.3 is 34.3 Å². The molecular formula is C43H72O12S. The van der Waals surface area contributed by atoms with E-state index in [2.05, 4.69) is 19.9 Å². The van der Waals surface area contributed by atoms with Gasteiger partial charge in [0.15, 0.2) is 12.4 Å². The van der Waals surface area contributed by atoms with Crippen molar-refractivity contribution in [1.82, 2.24) is 0 Å². The highest BCUT2D eigenvalue weighted by atomic mass is 32.2. The zero-order valence-electron chi connectivity index (χ0n) is 34.0. The van der Waals surface area contributed by atoms with Crippen LogP contribution in [0.25, 0.3) is 0 Å². The van der Waals surface area contributed by atoms with E-state index in [1.54, 1.807) is 0 Å². The topological polar surface area (TPSA) is 186 Å². The van der Waals surface area contributed by atoms with Gasteiger partial charge in [0.25, 0.3) is 10.1 Å². The Labute approximate surface area is 336 Å². The number of allylic oxidation sites excluding steroid dienone is 10. The number of rotatable bonds is 33. The van der Waals surface area contributed by atoms with Crippen molar-refractivity contribution < 1.29 is 56.8 Å². The molecule has 1 aliphatic rings. The summed E-state index contributed by atoms with van der Waals surface area (Å²) >= 11 is 0. The Morgan fingerprint density at radius 3 is 1.66 bits per heavy atom. The maximum atomic E-state index is 12.7. The van der Waals surface area contributed by atoms with Crippen molar-refractivity contribution in [3.8, 4) is 0 Å². The largest absolute Gasteiger partial charge is 0.462 e. The molecule has 1 fully saturated rings. The lowest BCUT2D eigenvalue weighted by molar-refractivity contribution is -0.297. The lowest BCUT2D eigenvalue weighted by Gasteiger charge is -2.40. The fourth-order valence-corrected chi connectivity index (χ4v) is 6.69. The quantitative estimate of drug-likeness (QED) is 0.0219. The highest BCUT2D eigenvalue weighted by molar-refractivity contribution is 7.85. The molecule has 12 nitrogen and oxygen atoms in total.